The predicted molar refractivity (Wildman–Crippen MR) is 89.7 cm³/mol. The Kier molecular flexibility index (Phi) is 4.91. The van der Waals surface area contributed by atoms with Crippen LogP contribution in [0.3, 0.4) is 0 Å². The minimum absolute atomic E-state index is 0.123. The zero-order valence-corrected chi connectivity index (χ0v) is 13.0. The molecule has 1 saturated carbocycles. The molecule has 1 fully saturated rings. The molecular weight excluding hydrogens is 290 g/mol. The number of aromatic hydroxyl groups is 1. The van der Waals surface area contributed by atoms with E-state index in [4.69, 9.17) is 4.74 Å². The maximum atomic E-state index is 10.8. The zero-order chi connectivity index (χ0) is 16.1. The van der Waals surface area contributed by atoms with Crippen LogP contribution in [0.2, 0.25) is 0 Å². The Bertz CT molecular complexity index is 657. The summed E-state index contributed by atoms with van der Waals surface area (Å²) in [6.45, 7) is 0.472. The molecule has 0 aliphatic heterocycles. The molecule has 0 heterocycles. The van der Waals surface area contributed by atoms with Gasteiger partial charge in [0, 0.05) is 6.07 Å². The second-order valence-corrected chi connectivity index (χ2v) is 6.12. The van der Waals surface area contributed by atoms with E-state index in [-0.39, 0.29) is 17.7 Å². The first-order valence-corrected chi connectivity index (χ1v) is 8.08. The summed E-state index contributed by atoms with van der Waals surface area (Å²) in [5, 5.41) is 13.5. The molecule has 0 radical (unpaired) electrons. The monoisotopic (exact) mass is 311 g/mol. The van der Waals surface area contributed by atoms with Crippen LogP contribution in [-0.2, 0) is 6.61 Å². The highest BCUT2D eigenvalue weighted by Crippen LogP contribution is 2.39. The SMILES string of the molecule is O=NC1CCCC(c2ccc(OCc3ccccc3)cc2O)C1. The van der Waals surface area contributed by atoms with Gasteiger partial charge in [0.15, 0.2) is 0 Å². The first-order chi connectivity index (χ1) is 11.3. The largest absolute Gasteiger partial charge is 0.508 e. The maximum absolute atomic E-state index is 10.8. The van der Waals surface area contributed by atoms with Gasteiger partial charge < -0.3 is 9.84 Å². The van der Waals surface area contributed by atoms with Crippen molar-refractivity contribution in [2.24, 2.45) is 5.18 Å². The molecule has 0 aromatic heterocycles. The van der Waals surface area contributed by atoms with Crippen LogP contribution < -0.4 is 4.74 Å². The third-order valence-electron chi connectivity index (χ3n) is 4.49. The van der Waals surface area contributed by atoms with Gasteiger partial charge in [0.2, 0.25) is 0 Å². The van der Waals surface area contributed by atoms with Crippen LogP contribution >= 0.6 is 0 Å². The second kappa shape index (κ2) is 7.27. The summed E-state index contributed by atoms with van der Waals surface area (Å²) in [7, 11) is 0. The van der Waals surface area contributed by atoms with E-state index in [1.54, 1.807) is 6.07 Å². The Hall–Kier alpha value is -2.36. The van der Waals surface area contributed by atoms with Crippen molar-refractivity contribution >= 4 is 0 Å². The van der Waals surface area contributed by atoms with Crippen molar-refractivity contribution in [1.82, 2.24) is 0 Å². The fraction of sp³-hybridized carbons (Fsp3) is 0.368. The quantitative estimate of drug-likeness (QED) is 0.810. The predicted octanol–water partition coefficient (Wildman–Crippen LogP) is 4.76. The Morgan fingerprint density at radius 2 is 1.96 bits per heavy atom. The Morgan fingerprint density at radius 3 is 2.70 bits per heavy atom. The number of hydrogen-bond donors (Lipinski definition) is 1. The highest BCUT2D eigenvalue weighted by atomic mass is 16.5. The van der Waals surface area contributed by atoms with Gasteiger partial charge in [0.25, 0.3) is 0 Å². The van der Waals surface area contributed by atoms with Crippen molar-refractivity contribution in [3.05, 3.63) is 64.6 Å². The molecule has 4 heteroatoms. The fourth-order valence-corrected chi connectivity index (χ4v) is 3.24. The summed E-state index contributed by atoms with van der Waals surface area (Å²) < 4.78 is 5.73. The van der Waals surface area contributed by atoms with E-state index in [1.165, 1.54) is 0 Å². The van der Waals surface area contributed by atoms with Gasteiger partial charge in [0.05, 0.1) is 6.04 Å². The molecule has 0 saturated heterocycles. The van der Waals surface area contributed by atoms with Crippen molar-refractivity contribution in [3.8, 4) is 11.5 Å². The number of hydrogen-bond acceptors (Lipinski definition) is 4. The molecule has 23 heavy (non-hydrogen) atoms. The van der Waals surface area contributed by atoms with E-state index in [2.05, 4.69) is 5.18 Å². The molecular formula is C19H21NO3. The van der Waals surface area contributed by atoms with E-state index in [0.29, 0.717) is 12.4 Å². The standard InChI is InChI=1S/C19H21NO3/c21-19-12-17(23-13-14-5-2-1-3-6-14)9-10-18(19)15-7-4-8-16(11-15)20-22/h1-3,5-6,9-10,12,15-16,21H,4,7-8,11,13H2. The zero-order valence-electron chi connectivity index (χ0n) is 13.0. The molecule has 2 atom stereocenters. The van der Waals surface area contributed by atoms with E-state index in [0.717, 1.165) is 36.8 Å². The number of nitrogens with zero attached hydrogens (tertiary/aromatic N) is 1. The lowest BCUT2D eigenvalue weighted by Crippen LogP contribution is -2.16. The molecule has 1 N–H and O–H groups in total. The average Bonchev–Trinajstić information content (AvgIpc) is 2.61. The number of rotatable bonds is 5. The molecule has 2 unspecified atom stereocenters. The highest BCUT2D eigenvalue weighted by molar-refractivity contribution is 5.42. The number of nitroso groups, excluding NO2 is 1. The van der Waals surface area contributed by atoms with Gasteiger partial charge in [-0.1, -0.05) is 48.0 Å². The minimum Gasteiger partial charge on any atom is -0.508 e. The Balaban J connectivity index is 1.67. The fourth-order valence-electron chi connectivity index (χ4n) is 3.24. The molecule has 1 aliphatic rings. The van der Waals surface area contributed by atoms with E-state index < -0.39 is 0 Å². The molecule has 0 bridgehead atoms. The number of phenolic OH excluding ortho intramolecular Hbond substituents is 1. The smallest absolute Gasteiger partial charge is 0.123 e. The summed E-state index contributed by atoms with van der Waals surface area (Å²) in [6, 6.07) is 15.3. The van der Waals surface area contributed by atoms with Crippen molar-refractivity contribution in [2.75, 3.05) is 0 Å². The Morgan fingerprint density at radius 1 is 1.13 bits per heavy atom. The molecule has 1 aliphatic carbocycles. The average molecular weight is 311 g/mol. The number of ether oxygens (including phenoxy) is 1. The third kappa shape index (κ3) is 3.89. The summed E-state index contributed by atoms with van der Waals surface area (Å²) in [6.07, 6.45) is 3.55. The molecule has 4 nitrogen and oxygen atoms in total. The molecule has 3 rings (SSSR count). The summed E-state index contributed by atoms with van der Waals surface area (Å²) >= 11 is 0. The minimum atomic E-state index is -0.123. The molecule has 120 valence electrons. The molecule has 2 aromatic rings. The van der Waals surface area contributed by atoms with Crippen LogP contribution in [0.4, 0.5) is 0 Å². The topological polar surface area (TPSA) is 58.9 Å². The van der Waals surface area contributed by atoms with Gasteiger partial charge in [-0.3, -0.25) is 0 Å². The lowest BCUT2D eigenvalue weighted by Gasteiger charge is -2.26. The first-order valence-electron chi connectivity index (χ1n) is 8.08. The lowest BCUT2D eigenvalue weighted by molar-refractivity contribution is 0.303. The van der Waals surface area contributed by atoms with E-state index >= 15 is 0 Å². The first kappa shape index (κ1) is 15.5. The van der Waals surface area contributed by atoms with Gasteiger partial charge >= 0.3 is 0 Å². The van der Waals surface area contributed by atoms with E-state index in [9.17, 15) is 10.0 Å². The highest BCUT2D eigenvalue weighted by Gasteiger charge is 2.25. The van der Waals surface area contributed by atoms with Gasteiger partial charge in [0.1, 0.15) is 18.1 Å². The Labute approximate surface area is 136 Å². The van der Waals surface area contributed by atoms with Gasteiger partial charge in [-0.15, -0.1) is 0 Å². The maximum Gasteiger partial charge on any atom is 0.123 e. The summed E-state index contributed by atoms with van der Waals surface area (Å²) in [5.41, 5.74) is 1.98. The number of benzene rings is 2. The lowest BCUT2D eigenvalue weighted by atomic mass is 9.81. The molecule has 0 amide bonds. The molecule has 0 spiro atoms. The summed E-state index contributed by atoms with van der Waals surface area (Å²) in [5.74, 6) is 1.10. The second-order valence-electron chi connectivity index (χ2n) is 6.12. The van der Waals surface area contributed by atoms with Crippen LogP contribution in [0.15, 0.2) is 53.7 Å². The van der Waals surface area contributed by atoms with Crippen LogP contribution in [0.1, 0.15) is 42.7 Å². The van der Waals surface area contributed by atoms with Gasteiger partial charge in [-0.05, 0) is 42.4 Å². The van der Waals surface area contributed by atoms with Crippen molar-refractivity contribution in [2.45, 2.75) is 44.2 Å². The van der Waals surface area contributed by atoms with E-state index in [1.807, 2.05) is 42.5 Å². The van der Waals surface area contributed by atoms with Crippen molar-refractivity contribution < 1.29 is 9.84 Å². The van der Waals surface area contributed by atoms with Gasteiger partial charge in [-0.2, -0.15) is 4.91 Å². The molecule has 2 aromatic carbocycles. The van der Waals surface area contributed by atoms with Crippen molar-refractivity contribution in [1.29, 1.82) is 0 Å². The van der Waals surface area contributed by atoms with Crippen LogP contribution in [-0.4, -0.2) is 11.1 Å². The van der Waals surface area contributed by atoms with Crippen molar-refractivity contribution in [3.63, 3.8) is 0 Å². The van der Waals surface area contributed by atoms with Crippen LogP contribution in [0, 0.1) is 4.91 Å². The van der Waals surface area contributed by atoms with Crippen LogP contribution in [0.25, 0.3) is 0 Å². The summed E-state index contributed by atoms with van der Waals surface area (Å²) in [4.78, 5) is 10.8. The van der Waals surface area contributed by atoms with Crippen LogP contribution in [0.5, 0.6) is 11.5 Å². The number of phenols is 1. The van der Waals surface area contributed by atoms with Gasteiger partial charge in [-0.25, -0.2) is 0 Å². The third-order valence-corrected chi connectivity index (χ3v) is 4.49. The normalized spacial score (nSPS) is 20.9.